The van der Waals surface area contributed by atoms with Crippen molar-refractivity contribution in [3.63, 3.8) is 0 Å². The number of hydrogen-bond donors (Lipinski definition) is 0. The minimum absolute atomic E-state index is 0.293. The van der Waals surface area contributed by atoms with Crippen molar-refractivity contribution in [1.82, 2.24) is 9.78 Å². The molecule has 0 saturated heterocycles. The average Bonchev–Trinajstić information content (AvgIpc) is 3.03. The normalized spacial score (nSPS) is 12.0. The number of aryl methyl sites for hydroxylation is 1. The molecular formula is C20H17N3O2S. The molecule has 1 heterocycles. The maximum atomic E-state index is 11.8. The number of hydrogen-bond acceptors (Lipinski definition) is 4. The molecule has 3 aromatic rings. The van der Waals surface area contributed by atoms with Gasteiger partial charge in [-0.3, -0.25) is 0 Å². The first kappa shape index (κ1) is 17.6. The molecule has 0 atom stereocenters. The zero-order valence-electron chi connectivity index (χ0n) is 14.4. The van der Waals surface area contributed by atoms with Crippen LogP contribution in [0.5, 0.6) is 0 Å². The molecule has 0 N–H and O–H groups in total. The molecule has 0 aliphatic heterocycles. The number of nitriles is 1. The summed E-state index contributed by atoms with van der Waals surface area (Å²) in [6.07, 6.45) is 4.13. The van der Waals surface area contributed by atoms with Gasteiger partial charge in [0.05, 0.1) is 5.69 Å². The molecular weight excluding hydrogens is 346 g/mol. The maximum absolute atomic E-state index is 11.8. The molecule has 0 amide bonds. The second-order valence-electron chi connectivity index (χ2n) is 5.98. The van der Waals surface area contributed by atoms with Gasteiger partial charge in [0.25, 0.3) is 0 Å². The Kier molecular flexibility index (Phi) is 4.74. The first-order chi connectivity index (χ1) is 12.4. The lowest BCUT2D eigenvalue weighted by Gasteiger charge is -2.02. The lowest BCUT2D eigenvalue weighted by molar-refractivity contribution is 0.609. The van der Waals surface area contributed by atoms with Crippen LogP contribution in [0, 0.1) is 18.3 Å². The van der Waals surface area contributed by atoms with Gasteiger partial charge in [0.15, 0.2) is 9.84 Å². The largest absolute Gasteiger partial charge is 0.240 e. The van der Waals surface area contributed by atoms with Crippen molar-refractivity contribution in [2.24, 2.45) is 0 Å². The number of aromatic nitrogens is 2. The molecule has 1 aromatic heterocycles. The van der Waals surface area contributed by atoms with Gasteiger partial charge in [-0.2, -0.15) is 10.4 Å². The van der Waals surface area contributed by atoms with E-state index in [0.717, 1.165) is 23.1 Å². The van der Waals surface area contributed by atoms with E-state index in [-0.39, 0.29) is 4.91 Å². The van der Waals surface area contributed by atoms with Crippen LogP contribution in [-0.4, -0.2) is 24.5 Å². The predicted octanol–water partition coefficient (Wildman–Crippen LogP) is 3.76. The Morgan fingerprint density at radius 3 is 2.50 bits per heavy atom. The van der Waals surface area contributed by atoms with Gasteiger partial charge in [-0.05, 0) is 31.2 Å². The van der Waals surface area contributed by atoms with Gasteiger partial charge in [-0.15, -0.1) is 0 Å². The van der Waals surface area contributed by atoms with Crippen LogP contribution in [0.1, 0.15) is 11.1 Å². The van der Waals surface area contributed by atoms with Crippen molar-refractivity contribution in [3.05, 3.63) is 76.8 Å². The van der Waals surface area contributed by atoms with E-state index < -0.39 is 9.84 Å². The molecule has 130 valence electrons. The van der Waals surface area contributed by atoms with Crippen molar-refractivity contribution in [2.45, 2.75) is 6.92 Å². The zero-order valence-corrected chi connectivity index (χ0v) is 15.2. The summed E-state index contributed by atoms with van der Waals surface area (Å²) in [7, 11) is -3.61. The van der Waals surface area contributed by atoms with Crippen molar-refractivity contribution >= 4 is 15.9 Å². The molecule has 0 fully saturated rings. The Bertz CT molecular complexity index is 1120. The fourth-order valence-corrected chi connectivity index (χ4v) is 3.09. The fraction of sp³-hybridized carbons (Fsp3) is 0.100. The van der Waals surface area contributed by atoms with Crippen LogP contribution in [-0.2, 0) is 9.84 Å². The van der Waals surface area contributed by atoms with Crippen molar-refractivity contribution < 1.29 is 8.42 Å². The van der Waals surface area contributed by atoms with Gasteiger partial charge in [0.2, 0.25) is 0 Å². The van der Waals surface area contributed by atoms with E-state index in [1.807, 2.05) is 61.5 Å². The highest BCUT2D eigenvalue weighted by Gasteiger charge is 2.16. The molecule has 0 radical (unpaired) electrons. The number of sulfone groups is 1. The van der Waals surface area contributed by atoms with E-state index in [1.165, 1.54) is 6.08 Å². The van der Waals surface area contributed by atoms with E-state index in [0.29, 0.717) is 11.3 Å². The summed E-state index contributed by atoms with van der Waals surface area (Å²) in [5.74, 6) is 0. The quantitative estimate of drug-likeness (QED) is 0.662. The van der Waals surface area contributed by atoms with Gasteiger partial charge in [0.1, 0.15) is 16.7 Å². The second kappa shape index (κ2) is 6.98. The molecule has 0 bridgehead atoms. The van der Waals surface area contributed by atoms with E-state index in [9.17, 15) is 13.7 Å². The van der Waals surface area contributed by atoms with Crippen LogP contribution in [0.3, 0.4) is 0 Å². The van der Waals surface area contributed by atoms with Crippen LogP contribution in [0.15, 0.2) is 65.7 Å². The highest BCUT2D eigenvalue weighted by Crippen LogP contribution is 2.27. The lowest BCUT2D eigenvalue weighted by Crippen LogP contribution is -1.98. The third-order valence-electron chi connectivity index (χ3n) is 3.85. The predicted molar refractivity (Wildman–Crippen MR) is 102 cm³/mol. The molecule has 0 aliphatic carbocycles. The highest BCUT2D eigenvalue weighted by atomic mass is 32.2. The Morgan fingerprint density at radius 1 is 1.15 bits per heavy atom. The highest BCUT2D eigenvalue weighted by molar-refractivity contribution is 7.95. The summed E-state index contributed by atoms with van der Waals surface area (Å²) >= 11 is 0. The Morgan fingerprint density at radius 2 is 1.88 bits per heavy atom. The number of rotatable bonds is 4. The van der Waals surface area contributed by atoms with Crippen LogP contribution in [0.25, 0.3) is 23.0 Å². The van der Waals surface area contributed by atoms with E-state index in [1.54, 1.807) is 16.9 Å². The lowest BCUT2D eigenvalue weighted by atomic mass is 10.1. The van der Waals surface area contributed by atoms with Crippen molar-refractivity contribution in [2.75, 3.05) is 6.26 Å². The monoisotopic (exact) mass is 363 g/mol. The number of benzene rings is 2. The third kappa shape index (κ3) is 3.73. The standard InChI is InChI=1S/C20H17N3O2S/c1-15-7-6-8-16(11-15)20-17(12-19(13-21)26(2,24)25)14-23(22-20)18-9-4-3-5-10-18/h3-12,14H,1-2H3/b19-12+. The van der Waals surface area contributed by atoms with Crippen LogP contribution in [0.4, 0.5) is 0 Å². The molecule has 5 nitrogen and oxygen atoms in total. The molecule has 2 aromatic carbocycles. The van der Waals surface area contributed by atoms with Crippen LogP contribution < -0.4 is 0 Å². The molecule has 0 spiro atoms. The molecule has 26 heavy (non-hydrogen) atoms. The minimum atomic E-state index is -3.61. The second-order valence-corrected chi connectivity index (χ2v) is 7.96. The zero-order chi connectivity index (χ0) is 18.7. The van der Waals surface area contributed by atoms with Gasteiger partial charge in [-0.25, -0.2) is 13.1 Å². The number of nitrogens with zero attached hydrogens (tertiary/aromatic N) is 3. The molecule has 0 unspecified atom stereocenters. The molecule has 6 heteroatoms. The Labute approximate surface area is 152 Å². The Balaban J connectivity index is 2.24. The van der Waals surface area contributed by atoms with Gasteiger partial charge in [-0.1, -0.05) is 42.0 Å². The van der Waals surface area contributed by atoms with Gasteiger partial charge in [0, 0.05) is 23.6 Å². The number of para-hydroxylation sites is 1. The SMILES string of the molecule is Cc1cccc(-c2nn(-c3ccccc3)cc2/C=C(\C#N)S(C)(=O)=O)c1. The Hall–Kier alpha value is -3.17. The van der Waals surface area contributed by atoms with Crippen molar-refractivity contribution in [3.8, 4) is 23.0 Å². The van der Waals surface area contributed by atoms with Crippen molar-refractivity contribution in [1.29, 1.82) is 5.26 Å². The summed E-state index contributed by atoms with van der Waals surface area (Å²) in [5, 5.41) is 13.9. The fourth-order valence-electron chi connectivity index (χ4n) is 2.59. The number of allylic oxidation sites excluding steroid dienone is 1. The summed E-state index contributed by atoms with van der Waals surface area (Å²) in [6.45, 7) is 1.98. The topological polar surface area (TPSA) is 75.8 Å². The third-order valence-corrected chi connectivity index (χ3v) is 4.86. The summed E-state index contributed by atoms with van der Waals surface area (Å²) in [6, 6.07) is 19.1. The molecule has 3 rings (SSSR count). The molecule has 0 aliphatic rings. The van der Waals surface area contributed by atoms with Gasteiger partial charge >= 0.3 is 0 Å². The minimum Gasteiger partial charge on any atom is -0.240 e. The van der Waals surface area contributed by atoms with E-state index in [2.05, 4.69) is 5.10 Å². The van der Waals surface area contributed by atoms with Crippen LogP contribution >= 0.6 is 0 Å². The maximum Gasteiger partial charge on any atom is 0.185 e. The van der Waals surface area contributed by atoms with Gasteiger partial charge < -0.3 is 0 Å². The smallest absolute Gasteiger partial charge is 0.185 e. The first-order valence-corrected chi connectivity index (χ1v) is 9.81. The summed E-state index contributed by atoms with van der Waals surface area (Å²) in [5.41, 5.74) is 3.96. The summed E-state index contributed by atoms with van der Waals surface area (Å²) in [4.78, 5) is -0.293. The average molecular weight is 363 g/mol. The first-order valence-electron chi connectivity index (χ1n) is 7.92. The summed E-state index contributed by atoms with van der Waals surface area (Å²) < 4.78 is 25.3. The molecule has 0 saturated carbocycles. The van der Waals surface area contributed by atoms with E-state index in [4.69, 9.17) is 0 Å². The van der Waals surface area contributed by atoms with Crippen LogP contribution in [0.2, 0.25) is 0 Å². The van der Waals surface area contributed by atoms with E-state index >= 15 is 0 Å².